The maximum Gasteiger partial charge on any atom is 0.257 e. The standard InChI is InChI=1S/C18H19N3O2/c22-17(13-4-1-2-5-13)20-15-7-9-16(10-8-15)21-18(23)14-6-3-11-19-12-14/h3,6-13H,1-2,4-5H2,(H,20,22)(H,21,23). The van der Waals surface area contributed by atoms with Gasteiger partial charge in [-0.25, -0.2) is 0 Å². The van der Waals surface area contributed by atoms with Crippen LogP contribution >= 0.6 is 0 Å². The van der Waals surface area contributed by atoms with Crippen molar-refractivity contribution >= 4 is 23.2 Å². The third-order valence-electron chi connectivity index (χ3n) is 4.06. The molecule has 3 rings (SSSR count). The summed E-state index contributed by atoms with van der Waals surface area (Å²) in [7, 11) is 0. The Kier molecular flexibility index (Phi) is 4.66. The SMILES string of the molecule is O=C(Nc1ccc(NC(=O)C2CCCC2)cc1)c1cccnc1. The number of carbonyl (C=O) groups excluding carboxylic acids is 2. The van der Waals surface area contributed by atoms with Crippen molar-refractivity contribution in [1.82, 2.24) is 4.98 Å². The molecule has 5 heteroatoms. The van der Waals surface area contributed by atoms with Crippen LogP contribution in [0.25, 0.3) is 0 Å². The molecular formula is C18H19N3O2. The molecule has 1 heterocycles. The summed E-state index contributed by atoms with van der Waals surface area (Å²) in [6.07, 6.45) is 7.37. The van der Waals surface area contributed by atoms with Gasteiger partial charge in [0.15, 0.2) is 0 Å². The molecule has 1 aromatic carbocycles. The Morgan fingerprint density at radius 3 is 2.22 bits per heavy atom. The van der Waals surface area contributed by atoms with Crippen LogP contribution in [0.4, 0.5) is 11.4 Å². The number of rotatable bonds is 4. The molecule has 1 fully saturated rings. The largest absolute Gasteiger partial charge is 0.326 e. The van der Waals surface area contributed by atoms with E-state index in [1.807, 2.05) is 0 Å². The highest BCUT2D eigenvalue weighted by molar-refractivity contribution is 6.04. The minimum Gasteiger partial charge on any atom is -0.326 e. The molecule has 0 spiro atoms. The molecule has 118 valence electrons. The van der Waals surface area contributed by atoms with Gasteiger partial charge in [-0.1, -0.05) is 12.8 Å². The van der Waals surface area contributed by atoms with Gasteiger partial charge in [-0.15, -0.1) is 0 Å². The van der Waals surface area contributed by atoms with Gasteiger partial charge in [0.1, 0.15) is 0 Å². The van der Waals surface area contributed by atoms with E-state index in [0.29, 0.717) is 11.3 Å². The van der Waals surface area contributed by atoms with Crippen LogP contribution in [0, 0.1) is 5.92 Å². The van der Waals surface area contributed by atoms with Gasteiger partial charge in [0.2, 0.25) is 5.91 Å². The van der Waals surface area contributed by atoms with Gasteiger partial charge in [-0.05, 0) is 49.2 Å². The summed E-state index contributed by atoms with van der Waals surface area (Å²) in [5, 5.41) is 5.74. The van der Waals surface area contributed by atoms with Crippen LogP contribution in [0.1, 0.15) is 36.0 Å². The Labute approximate surface area is 135 Å². The lowest BCUT2D eigenvalue weighted by Gasteiger charge is -2.11. The zero-order valence-electron chi connectivity index (χ0n) is 12.8. The molecule has 0 bridgehead atoms. The summed E-state index contributed by atoms with van der Waals surface area (Å²) in [4.78, 5) is 28.0. The summed E-state index contributed by atoms with van der Waals surface area (Å²) >= 11 is 0. The quantitative estimate of drug-likeness (QED) is 0.908. The van der Waals surface area contributed by atoms with Gasteiger partial charge in [0.05, 0.1) is 5.56 Å². The van der Waals surface area contributed by atoms with Crippen LogP contribution < -0.4 is 10.6 Å². The normalized spacial score (nSPS) is 14.4. The van der Waals surface area contributed by atoms with E-state index in [1.165, 1.54) is 6.20 Å². The topological polar surface area (TPSA) is 71.1 Å². The lowest BCUT2D eigenvalue weighted by Crippen LogP contribution is -2.20. The molecule has 1 aliphatic rings. The van der Waals surface area contributed by atoms with Crippen molar-refractivity contribution in [2.45, 2.75) is 25.7 Å². The van der Waals surface area contributed by atoms with E-state index in [2.05, 4.69) is 15.6 Å². The van der Waals surface area contributed by atoms with Crippen molar-refractivity contribution in [3.8, 4) is 0 Å². The number of hydrogen-bond donors (Lipinski definition) is 2. The number of carbonyl (C=O) groups is 2. The number of anilines is 2. The number of nitrogens with one attached hydrogen (secondary N) is 2. The highest BCUT2D eigenvalue weighted by Gasteiger charge is 2.22. The van der Waals surface area contributed by atoms with Crippen LogP contribution in [0.2, 0.25) is 0 Å². The molecule has 0 radical (unpaired) electrons. The van der Waals surface area contributed by atoms with Crippen molar-refractivity contribution < 1.29 is 9.59 Å². The van der Waals surface area contributed by atoms with Crippen LogP contribution in [0.3, 0.4) is 0 Å². The zero-order valence-corrected chi connectivity index (χ0v) is 12.8. The van der Waals surface area contributed by atoms with Crippen molar-refractivity contribution in [3.05, 3.63) is 54.4 Å². The Bertz CT molecular complexity index is 677. The Morgan fingerprint density at radius 1 is 0.957 bits per heavy atom. The van der Waals surface area contributed by atoms with Gasteiger partial charge >= 0.3 is 0 Å². The molecule has 2 aromatic rings. The fourth-order valence-corrected chi connectivity index (χ4v) is 2.77. The monoisotopic (exact) mass is 309 g/mol. The average Bonchev–Trinajstić information content (AvgIpc) is 3.12. The second kappa shape index (κ2) is 7.05. The van der Waals surface area contributed by atoms with Gasteiger partial charge in [-0.2, -0.15) is 0 Å². The van der Waals surface area contributed by atoms with Crippen LogP contribution in [0.5, 0.6) is 0 Å². The van der Waals surface area contributed by atoms with E-state index in [0.717, 1.165) is 31.4 Å². The Balaban J connectivity index is 1.58. The van der Waals surface area contributed by atoms with E-state index in [-0.39, 0.29) is 17.7 Å². The fourth-order valence-electron chi connectivity index (χ4n) is 2.77. The lowest BCUT2D eigenvalue weighted by molar-refractivity contribution is -0.119. The lowest BCUT2D eigenvalue weighted by atomic mass is 10.1. The first-order chi connectivity index (χ1) is 11.2. The maximum atomic E-state index is 12.1. The average molecular weight is 309 g/mol. The number of benzene rings is 1. The molecule has 5 nitrogen and oxygen atoms in total. The number of hydrogen-bond acceptors (Lipinski definition) is 3. The molecule has 0 aliphatic heterocycles. The first kappa shape index (κ1) is 15.2. The Hall–Kier alpha value is -2.69. The molecule has 1 aliphatic carbocycles. The van der Waals surface area contributed by atoms with E-state index in [4.69, 9.17) is 0 Å². The third-order valence-corrected chi connectivity index (χ3v) is 4.06. The second-order valence-corrected chi connectivity index (χ2v) is 5.74. The van der Waals surface area contributed by atoms with Crippen molar-refractivity contribution in [3.63, 3.8) is 0 Å². The number of pyridine rings is 1. The van der Waals surface area contributed by atoms with Crippen molar-refractivity contribution in [2.75, 3.05) is 10.6 Å². The molecule has 1 aromatic heterocycles. The highest BCUT2D eigenvalue weighted by atomic mass is 16.2. The summed E-state index contributed by atoms with van der Waals surface area (Å²) in [6, 6.07) is 10.6. The van der Waals surface area contributed by atoms with Gasteiger partial charge in [-0.3, -0.25) is 14.6 Å². The molecule has 0 unspecified atom stereocenters. The minimum absolute atomic E-state index is 0.0923. The van der Waals surface area contributed by atoms with Crippen LogP contribution in [-0.2, 0) is 4.79 Å². The highest BCUT2D eigenvalue weighted by Crippen LogP contribution is 2.26. The number of nitrogens with zero attached hydrogens (tertiary/aromatic N) is 1. The molecule has 0 saturated heterocycles. The first-order valence-corrected chi connectivity index (χ1v) is 7.85. The van der Waals surface area contributed by atoms with Gasteiger partial charge in [0, 0.05) is 29.7 Å². The smallest absolute Gasteiger partial charge is 0.257 e. The molecule has 1 saturated carbocycles. The van der Waals surface area contributed by atoms with E-state index >= 15 is 0 Å². The van der Waals surface area contributed by atoms with Gasteiger partial charge < -0.3 is 10.6 Å². The minimum atomic E-state index is -0.208. The summed E-state index contributed by atoms with van der Waals surface area (Å²) in [6.45, 7) is 0. The van der Waals surface area contributed by atoms with E-state index in [9.17, 15) is 9.59 Å². The third kappa shape index (κ3) is 3.94. The van der Waals surface area contributed by atoms with E-state index < -0.39 is 0 Å². The molecule has 2 N–H and O–H groups in total. The van der Waals surface area contributed by atoms with E-state index in [1.54, 1.807) is 42.6 Å². The molecule has 0 atom stereocenters. The predicted molar refractivity (Wildman–Crippen MR) is 89.2 cm³/mol. The number of aromatic nitrogens is 1. The number of amides is 2. The predicted octanol–water partition coefficient (Wildman–Crippen LogP) is 3.46. The van der Waals surface area contributed by atoms with Crippen LogP contribution in [0.15, 0.2) is 48.8 Å². The fraction of sp³-hybridized carbons (Fsp3) is 0.278. The van der Waals surface area contributed by atoms with Gasteiger partial charge in [0.25, 0.3) is 5.91 Å². The van der Waals surface area contributed by atoms with Crippen molar-refractivity contribution in [1.29, 1.82) is 0 Å². The zero-order chi connectivity index (χ0) is 16.1. The molecule has 2 amide bonds. The second-order valence-electron chi connectivity index (χ2n) is 5.74. The Morgan fingerprint density at radius 2 is 1.61 bits per heavy atom. The summed E-state index contributed by atoms with van der Waals surface area (Å²) < 4.78 is 0. The summed E-state index contributed by atoms with van der Waals surface area (Å²) in [5.41, 5.74) is 1.94. The first-order valence-electron chi connectivity index (χ1n) is 7.85. The molecular weight excluding hydrogens is 290 g/mol. The van der Waals surface area contributed by atoms with Crippen molar-refractivity contribution in [2.24, 2.45) is 5.92 Å². The maximum absolute atomic E-state index is 12.1. The van der Waals surface area contributed by atoms with Crippen LogP contribution in [-0.4, -0.2) is 16.8 Å². The summed E-state index contributed by atoms with van der Waals surface area (Å²) in [5.74, 6) is 0.0236. The molecule has 23 heavy (non-hydrogen) atoms.